The molecule has 0 spiro atoms. The molecule has 1 saturated carbocycles. The van der Waals surface area contributed by atoms with Gasteiger partial charge in [-0.05, 0) is 18.8 Å². The van der Waals surface area contributed by atoms with Crippen molar-refractivity contribution < 1.29 is 9.47 Å². The van der Waals surface area contributed by atoms with Gasteiger partial charge in [0.2, 0.25) is 0 Å². The van der Waals surface area contributed by atoms with Gasteiger partial charge in [-0.3, -0.25) is 4.90 Å². The van der Waals surface area contributed by atoms with E-state index in [4.69, 9.17) is 9.47 Å². The van der Waals surface area contributed by atoms with E-state index in [0.29, 0.717) is 24.7 Å². The molecule has 0 N–H and O–H groups in total. The fourth-order valence-corrected chi connectivity index (χ4v) is 3.92. The van der Waals surface area contributed by atoms with Crippen LogP contribution in [-0.2, 0) is 16.0 Å². The van der Waals surface area contributed by atoms with Crippen LogP contribution in [0.1, 0.15) is 17.8 Å². The van der Waals surface area contributed by atoms with Crippen molar-refractivity contribution in [2.45, 2.75) is 31.5 Å². The predicted octanol–water partition coefficient (Wildman–Crippen LogP) is 2.33. The summed E-state index contributed by atoms with van der Waals surface area (Å²) in [6, 6.07) is 0.532. The molecule has 0 radical (unpaired) electrons. The summed E-state index contributed by atoms with van der Waals surface area (Å²) in [6.07, 6.45) is 6.37. The van der Waals surface area contributed by atoms with Crippen molar-refractivity contribution in [3.05, 3.63) is 29.2 Å². The van der Waals surface area contributed by atoms with Gasteiger partial charge >= 0.3 is 0 Å². The molecule has 20 heavy (non-hydrogen) atoms. The highest BCUT2D eigenvalue weighted by Crippen LogP contribution is 2.35. The number of fused-ring (bicyclic) bond motifs is 1. The minimum Gasteiger partial charge on any atom is -0.377 e. The van der Waals surface area contributed by atoms with Gasteiger partial charge in [0.25, 0.3) is 0 Å². The molecule has 4 nitrogen and oxygen atoms in total. The van der Waals surface area contributed by atoms with Crippen LogP contribution >= 0.6 is 11.3 Å². The lowest BCUT2D eigenvalue weighted by Crippen LogP contribution is -2.47. The van der Waals surface area contributed by atoms with Crippen molar-refractivity contribution in [1.82, 2.24) is 9.88 Å². The Kier molecular flexibility index (Phi) is 4.83. The molecule has 0 bridgehead atoms. The van der Waals surface area contributed by atoms with Crippen molar-refractivity contribution in [2.75, 3.05) is 26.4 Å². The first-order valence-corrected chi connectivity index (χ1v) is 8.17. The predicted molar refractivity (Wildman–Crippen MR) is 79.8 cm³/mol. The zero-order valence-corrected chi connectivity index (χ0v) is 12.6. The van der Waals surface area contributed by atoms with Gasteiger partial charge in [-0.2, -0.15) is 0 Å². The SMILES string of the molecule is C=CCOCC1C[C@@H]2OCCN(Cc3nccs3)[C@H]2C1. The van der Waals surface area contributed by atoms with Crippen LogP contribution in [-0.4, -0.2) is 48.4 Å². The summed E-state index contributed by atoms with van der Waals surface area (Å²) < 4.78 is 11.6. The molecule has 2 aliphatic rings. The second kappa shape index (κ2) is 6.80. The van der Waals surface area contributed by atoms with E-state index in [-0.39, 0.29) is 0 Å². The lowest BCUT2D eigenvalue weighted by molar-refractivity contribution is -0.0591. The Morgan fingerprint density at radius 3 is 3.30 bits per heavy atom. The molecule has 1 aromatic heterocycles. The summed E-state index contributed by atoms with van der Waals surface area (Å²) in [5.74, 6) is 0.613. The summed E-state index contributed by atoms with van der Waals surface area (Å²) in [5, 5.41) is 3.26. The van der Waals surface area contributed by atoms with Gasteiger partial charge in [0.15, 0.2) is 0 Å². The first-order chi connectivity index (χ1) is 9.86. The van der Waals surface area contributed by atoms with Crippen LogP contribution in [0.4, 0.5) is 0 Å². The number of aromatic nitrogens is 1. The summed E-state index contributed by atoms with van der Waals surface area (Å²) in [5.41, 5.74) is 0. The second-order valence-corrected chi connectivity index (χ2v) is 6.52. The van der Waals surface area contributed by atoms with E-state index in [9.17, 15) is 0 Å². The molecule has 3 rings (SSSR count). The van der Waals surface area contributed by atoms with Gasteiger partial charge < -0.3 is 9.47 Å². The number of nitrogens with zero attached hydrogens (tertiary/aromatic N) is 2. The van der Waals surface area contributed by atoms with E-state index in [2.05, 4.69) is 16.5 Å². The monoisotopic (exact) mass is 294 g/mol. The summed E-state index contributed by atoms with van der Waals surface area (Å²) >= 11 is 1.74. The van der Waals surface area contributed by atoms with Crippen molar-refractivity contribution in [1.29, 1.82) is 0 Å². The number of ether oxygens (including phenoxy) is 2. The minimum atomic E-state index is 0.376. The fourth-order valence-electron chi connectivity index (χ4n) is 3.28. The van der Waals surface area contributed by atoms with E-state index in [0.717, 1.165) is 32.7 Å². The molecule has 3 atom stereocenters. The van der Waals surface area contributed by atoms with E-state index in [1.165, 1.54) is 11.4 Å². The molecule has 0 amide bonds. The molecule has 110 valence electrons. The molecule has 2 fully saturated rings. The van der Waals surface area contributed by atoms with Gasteiger partial charge in [0.05, 0.1) is 25.9 Å². The first kappa shape index (κ1) is 14.2. The Hall–Kier alpha value is -0.750. The van der Waals surface area contributed by atoms with Crippen molar-refractivity contribution >= 4 is 11.3 Å². The lowest BCUT2D eigenvalue weighted by atomic mass is 10.1. The van der Waals surface area contributed by atoms with Gasteiger partial charge in [0.1, 0.15) is 5.01 Å². The Labute approximate surface area is 124 Å². The molecular formula is C15H22N2O2S. The quantitative estimate of drug-likeness (QED) is 0.596. The molecule has 1 aliphatic carbocycles. The van der Waals surface area contributed by atoms with Crippen LogP contribution in [0.15, 0.2) is 24.2 Å². The van der Waals surface area contributed by atoms with Gasteiger partial charge in [-0.1, -0.05) is 6.08 Å². The maximum Gasteiger partial charge on any atom is 0.107 e. The highest BCUT2D eigenvalue weighted by Gasteiger charge is 2.41. The van der Waals surface area contributed by atoms with Crippen LogP contribution in [0.25, 0.3) is 0 Å². The Balaban J connectivity index is 1.56. The molecule has 0 aromatic carbocycles. The van der Waals surface area contributed by atoms with E-state index < -0.39 is 0 Å². The van der Waals surface area contributed by atoms with Crippen LogP contribution < -0.4 is 0 Å². The Morgan fingerprint density at radius 2 is 2.50 bits per heavy atom. The molecule has 1 aromatic rings. The second-order valence-electron chi connectivity index (χ2n) is 5.54. The van der Waals surface area contributed by atoms with Gasteiger partial charge in [0, 0.05) is 30.8 Å². The van der Waals surface area contributed by atoms with Gasteiger partial charge in [-0.25, -0.2) is 4.98 Å². The zero-order chi connectivity index (χ0) is 13.8. The van der Waals surface area contributed by atoms with Crippen molar-refractivity contribution in [3.8, 4) is 0 Å². The number of morpholine rings is 1. The normalized spacial score (nSPS) is 30.3. The third-order valence-corrected chi connectivity index (χ3v) is 4.92. The average molecular weight is 294 g/mol. The third-order valence-electron chi connectivity index (χ3n) is 4.16. The fraction of sp³-hybridized carbons (Fsp3) is 0.667. The van der Waals surface area contributed by atoms with Crippen LogP contribution in [0.5, 0.6) is 0 Å². The number of hydrogen-bond donors (Lipinski definition) is 0. The highest BCUT2D eigenvalue weighted by atomic mass is 32.1. The highest BCUT2D eigenvalue weighted by molar-refractivity contribution is 7.09. The van der Waals surface area contributed by atoms with Gasteiger partial charge in [-0.15, -0.1) is 17.9 Å². The summed E-state index contributed by atoms with van der Waals surface area (Å²) in [6.45, 7) is 7.98. The lowest BCUT2D eigenvalue weighted by Gasteiger charge is -2.37. The average Bonchev–Trinajstić information content (AvgIpc) is 3.08. The largest absolute Gasteiger partial charge is 0.377 e. The molecule has 1 unspecified atom stereocenters. The van der Waals surface area contributed by atoms with Crippen LogP contribution in [0, 0.1) is 5.92 Å². The zero-order valence-electron chi connectivity index (χ0n) is 11.7. The molecule has 2 heterocycles. The van der Waals surface area contributed by atoms with Crippen molar-refractivity contribution in [3.63, 3.8) is 0 Å². The molecule has 1 saturated heterocycles. The number of rotatable bonds is 6. The standard InChI is InChI=1S/C15H22N2O2S/c1-2-5-18-11-12-8-13-14(9-12)19-6-4-17(13)10-15-16-3-7-20-15/h2-3,7,12-14H,1,4-6,8-11H2/t12?,13-,14-/m0/s1. The molecule has 5 heteroatoms. The Morgan fingerprint density at radius 1 is 1.55 bits per heavy atom. The summed E-state index contributed by atoms with van der Waals surface area (Å²) in [4.78, 5) is 6.95. The Bertz CT molecular complexity index is 424. The number of thiazole rings is 1. The maximum atomic E-state index is 5.95. The number of hydrogen-bond acceptors (Lipinski definition) is 5. The molecule has 1 aliphatic heterocycles. The van der Waals surface area contributed by atoms with E-state index in [1.54, 1.807) is 11.3 Å². The minimum absolute atomic E-state index is 0.376. The van der Waals surface area contributed by atoms with E-state index >= 15 is 0 Å². The third kappa shape index (κ3) is 3.28. The molecular weight excluding hydrogens is 272 g/mol. The van der Waals surface area contributed by atoms with Crippen LogP contribution in [0.3, 0.4) is 0 Å². The topological polar surface area (TPSA) is 34.6 Å². The summed E-state index contributed by atoms with van der Waals surface area (Å²) in [7, 11) is 0. The smallest absolute Gasteiger partial charge is 0.107 e. The van der Waals surface area contributed by atoms with Crippen molar-refractivity contribution in [2.24, 2.45) is 5.92 Å². The maximum absolute atomic E-state index is 5.95. The first-order valence-electron chi connectivity index (χ1n) is 7.29. The van der Waals surface area contributed by atoms with E-state index in [1.807, 2.05) is 17.7 Å². The van der Waals surface area contributed by atoms with Crippen LogP contribution in [0.2, 0.25) is 0 Å².